The van der Waals surface area contributed by atoms with Gasteiger partial charge in [0, 0.05) is 17.2 Å². The van der Waals surface area contributed by atoms with E-state index in [1.807, 2.05) is 0 Å². The lowest BCUT2D eigenvalue weighted by atomic mass is 9.66. The van der Waals surface area contributed by atoms with Gasteiger partial charge < -0.3 is 0 Å². The normalized spacial score (nSPS) is 23.7. The maximum Gasteiger partial charge on any atom is 0.0323 e. The predicted molar refractivity (Wildman–Crippen MR) is 113 cm³/mol. The summed E-state index contributed by atoms with van der Waals surface area (Å²) in [4.78, 5) is 0. The zero-order valence-electron chi connectivity index (χ0n) is 15.7. The fraction of sp³-hybridized carbons (Fsp3) is 0.714. The number of hydrogen-bond acceptors (Lipinski definition) is 0. The van der Waals surface area contributed by atoms with Crippen molar-refractivity contribution in [3.63, 3.8) is 0 Å². The van der Waals surface area contributed by atoms with E-state index in [2.05, 4.69) is 45.6 Å². The van der Waals surface area contributed by atoms with Gasteiger partial charge in [0.1, 0.15) is 0 Å². The Morgan fingerprint density at radius 2 is 1.70 bits per heavy atom. The van der Waals surface area contributed by atoms with Gasteiger partial charge in [-0.1, -0.05) is 75.8 Å². The number of halogens is 1. The van der Waals surface area contributed by atoms with Crippen molar-refractivity contribution in [2.75, 3.05) is 5.88 Å². The number of alkyl halides is 1. The number of allylic oxidation sites excluding steroid dienone is 5. The van der Waals surface area contributed by atoms with E-state index < -0.39 is 0 Å². The van der Waals surface area contributed by atoms with Crippen molar-refractivity contribution in [3.8, 4) is 0 Å². The molecule has 0 spiro atoms. The minimum atomic E-state index is 0. The summed E-state index contributed by atoms with van der Waals surface area (Å²) in [5, 5.41) is 0. The Balaban J connectivity index is 0.00000484. The first kappa shape index (κ1) is 22.9. The topological polar surface area (TPSA) is 0 Å². The molecule has 0 bridgehead atoms. The van der Waals surface area contributed by atoms with Crippen LogP contribution in [0.5, 0.6) is 0 Å². The molecule has 1 rings (SSSR count). The molecular weight excluding hydrogens is 319 g/mol. The molecular formula is C21H38ClP. The predicted octanol–water partition coefficient (Wildman–Crippen LogP) is 7.51. The molecule has 1 aliphatic carbocycles. The highest BCUT2D eigenvalue weighted by molar-refractivity contribution is 6.92. The van der Waals surface area contributed by atoms with E-state index in [0.717, 1.165) is 0 Å². The molecule has 0 aliphatic heterocycles. The number of hydrogen-bond donors (Lipinski definition) is 0. The minimum Gasteiger partial charge on any atom is -0.153 e. The average molecular weight is 357 g/mol. The fourth-order valence-electron chi connectivity index (χ4n) is 3.62. The van der Waals surface area contributed by atoms with Crippen molar-refractivity contribution in [1.29, 1.82) is 0 Å². The lowest BCUT2D eigenvalue weighted by molar-refractivity contribution is 0.452. The third-order valence-electron chi connectivity index (χ3n) is 5.08. The quantitative estimate of drug-likeness (QED) is 0.204. The smallest absolute Gasteiger partial charge is 0.0323 e. The molecule has 0 aromatic carbocycles. The maximum atomic E-state index is 6.28. The van der Waals surface area contributed by atoms with Crippen molar-refractivity contribution < 1.29 is 0 Å². The van der Waals surface area contributed by atoms with E-state index in [-0.39, 0.29) is 15.3 Å². The van der Waals surface area contributed by atoms with Crippen molar-refractivity contribution in [2.24, 2.45) is 11.3 Å². The van der Waals surface area contributed by atoms with Crippen LogP contribution in [0.2, 0.25) is 0 Å². The van der Waals surface area contributed by atoms with Crippen LogP contribution in [-0.2, 0) is 0 Å². The van der Waals surface area contributed by atoms with Crippen LogP contribution in [0.3, 0.4) is 0 Å². The van der Waals surface area contributed by atoms with Gasteiger partial charge >= 0.3 is 0 Å². The van der Waals surface area contributed by atoms with Gasteiger partial charge in [-0.05, 0) is 32.1 Å². The molecule has 134 valence electrons. The molecule has 3 atom stereocenters. The van der Waals surface area contributed by atoms with E-state index in [9.17, 15) is 0 Å². The third-order valence-corrected chi connectivity index (χ3v) is 5.41. The van der Waals surface area contributed by atoms with E-state index in [4.69, 9.17) is 11.6 Å². The van der Waals surface area contributed by atoms with E-state index >= 15 is 0 Å². The third kappa shape index (κ3) is 6.06. The molecule has 0 fully saturated rings. The molecule has 0 aromatic heterocycles. The summed E-state index contributed by atoms with van der Waals surface area (Å²) in [6.07, 6.45) is 18.2. The summed E-state index contributed by atoms with van der Waals surface area (Å²) in [5.41, 5.74) is 3.37. The van der Waals surface area contributed by atoms with E-state index in [1.54, 1.807) is 11.1 Å². The monoisotopic (exact) mass is 356 g/mol. The summed E-state index contributed by atoms with van der Waals surface area (Å²) in [5.74, 6) is 1.15. The largest absolute Gasteiger partial charge is 0.153 e. The van der Waals surface area contributed by atoms with Gasteiger partial charge in [-0.25, -0.2) is 0 Å². The molecule has 0 radical (unpaired) electrons. The minimum absolute atomic E-state index is 0. The van der Waals surface area contributed by atoms with Gasteiger partial charge in [0.25, 0.3) is 0 Å². The van der Waals surface area contributed by atoms with Crippen molar-refractivity contribution in [3.05, 3.63) is 36.0 Å². The molecule has 0 N–H and O–H groups in total. The highest BCUT2D eigenvalue weighted by Gasteiger charge is 2.34. The summed E-state index contributed by atoms with van der Waals surface area (Å²) in [6, 6.07) is 0. The maximum absolute atomic E-state index is 6.28. The van der Waals surface area contributed by atoms with Crippen LogP contribution in [0.25, 0.3) is 0 Å². The van der Waals surface area contributed by atoms with E-state index in [0.29, 0.717) is 11.8 Å². The first-order valence-electron chi connectivity index (χ1n) is 9.30. The van der Waals surface area contributed by atoms with Gasteiger partial charge in [0.05, 0.1) is 0 Å². The summed E-state index contributed by atoms with van der Waals surface area (Å²) in [7, 11) is 0. The molecule has 0 amide bonds. The summed E-state index contributed by atoms with van der Waals surface area (Å²) >= 11 is 6.28. The SMILES string of the molecule is C=CC1(CCCC)C=CC(CCl)C(CCCC)=C1CCCC.P. The first-order valence-corrected chi connectivity index (χ1v) is 9.83. The lowest BCUT2D eigenvalue weighted by Gasteiger charge is -2.38. The van der Waals surface area contributed by atoms with Gasteiger partial charge in [-0.2, -0.15) is 9.90 Å². The molecule has 2 heteroatoms. The first-order chi connectivity index (χ1) is 10.7. The number of rotatable bonds is 11. The molecule has 0 aromatic rings. The molecule has 23 heavy (non-hydrogen) atoms. The van der Waals surface area contributed by atoms with Crippen LogP contribution in [0.15, 0.2) is 36.0 Å². The Hall–Kier alpha value is -0.0600. The molecule has 0 saturated carbocycles. The van der Waals surface area contributed by atoms with Gasteiger partial charge in [0.2, 0.25) is 0 Å². The van der Waals surface area contributed by atoms with E-state index in [1.165, 1.54) is 57.8 Å². The lowest BCUT2D eigenvalue weighted by Crippen LogP contribution is -2.26. The zero-order valence-corrected chi connectivity index (χ0v) is 17.8. The van der Waals surface area contributed by atoms with Crippen LogP contribution in [-0.4, -0.2) is 5.88 Å². The Labute approximate surface area is 153 Å². The van der Waals surface area contributed by atoms with Gasteiger partial charge in [-0.3, -0.25) is 0 Å². The second kappa shape index (κ2) is 12.3. The van der Waals surface area contributed by atoms with Crippen molar-refractivity contribution in [2.45, 2.75) is 78.6 Å². The van der Waals surface area contributed by atoms with Crippen molar-refractivity contribution >= 4 is 21.5 Å². The van der Waals surface area contributed by atoms with Crippen LogP contribution in [0, 0.1) is 11.3 Å². The van der Waals surface area contributed by atoms with Gasteiger partial charge in [-0.15, -0.1) is 18.2 Å². The Bertz CT molecular complexity index is 397. The summed E-state index contributed by atoms with van der Waals surface area (Å²) < 4.78 is 0. The van der Waals surface area contributed by atoms with Crippen LogP contribution >= 0.6 is 21.5 Å². The molecule has 1 aliphatic rings. The Kier molecular flexibility index (Phi) is 12.3. The second-order valence-corrected chi connectivity index (χ2v) is 6.99. The fourth-order valence-corrected chi connectivity index (χ4v) is 3.91. The highest BCUT2D eigenvalue weighted by Crippen LogP contribution is 2.47. The molecule has 3 unspecified atom stereocenters. The van der Waals surface area contributed by atoms with Gasteiger partial charge in [0.15, 0.2) is 0 Å². The molecule has 0 saturated heterocycles. The summed E-state index contributed by atoms with van der Waals surface area (Å²) in [6.45, 7) is 11.1. The second-order valence-electron chi connectivity index (χ2n) is 6.68. The van der Waals surface area contributed by atoms with Crippen LogP contribution in [0.4, 0.5) is 0 Å². The van der Waals surface area contributed by atoms with Crippen LogP contribution < -0.4 is 0 Å². The Morgan fingerprint density at radius 3 is 2.22 bits per heavy atom. The highest BCUT2D eigenvalue weighted by atomic mass is 35.5. The van der Waals surface area contributed by atoms with Crippen molar-refractivity contribution in [1.82, 2.24) is 0 Å². The van der Waals surface area contributed by atoms with Crippen LogP contribution in [0.1, 0.15) is 78.6 Å². The average Bonchev–Trinajstić information content (AvgIpc) is 2.56. The standard InChI is InChI=1S/C21H35Cl.H3P/c1-5-9-12-19-18(17-22)14-16-21(8-4,15-11-7-3)20(19)13-10-6-2;/h8,14,16,18H,4-7,9-13,15,17H2,1-3H3;1H3. The molecule has 0 heterocycles. The molecule has 0 nitrogen and oxygen atoms in total. The Morgan fingerprint density at radius 1 is 1.09 bits per heavy atom. The number of unbranched alkanes of at least 4 members (excludes halogenated alkanes) is 3. The zero-order chi connectivity index (χ0) is 16.4.